The first kappa shape index (κ1) is 23.2. The van der Waals surface area contributed by atoms with E-state index in [1.165, 1.54) is 12.1 Å². The van der Waals surface area contributed by atoms with Gasteiger partial charge in [-0.15, -0.1) is 0 Å². The third-order valence-electron chi connectivity index (χ3n) is 4.38. The molecule has 0 heterocycles. The largest absolute Gasteiger partial charge is 0.348 e. The van der Waals surface area contributed by atoms with Crippen molar-refractivity contribution in [3.8, 4) is 0 Å². The van der Waals surface area contributed by atoms with Crippen LogP contribution in [0.25, 0.3) is 0 Å². The van der Waals surface area contributed by atoms with Crippen molar-refractivity contribution in [3.05, 3.63) is 58.6 Å². The molecule has 0 saturated carbocycles. The number of nitrogens with one attached hydrogen (secondary N) is 1. The van der Waals surface area contributed by atoms with Crippen molar-refractivity contribution in [2.75, 3.05) is 23.4 Å². The highest BCUT2D eigenvalue weighted by Gasteiger charge is 2.24. The summed E-state index contributed by atoms with van der Waals surface area (Å²) in [5.74, 6) is -0.505. The second-order valence-electron chi connectivity index (χ2n) is 6.78. The fraction of sp³-hybridized carbons (Fsp3) is 0.316. The summed E-state index contributed by atoms with van der Waals surface area (Å²) in [6.07, 6.45) is 2.14. The summed E-state index contributed by atoms with van der Waals surface area (Å²) < 4.78 is 48.6. The fourth-order valence-corrected chi connectivity index (χ4v) is 4.46. The maximum absolute atomic E-state index is 12.5. The van der Waals surface area contributed by atoms with Gasteiger partial charge in [0.1, 0.15) is 6.54 Å². The van der Waals surface area contributed by atoms with Crippen molar-refractivity contribution in [1.82, 2.24) is 5.32 Å². The minimum Gasteiger partial charge on any atom is -0.348 e. The molecule has 0 radical (unpaired) electrons. The molecular formula is C19H23ClN2O5S2. The van der Waals surface area contributed by atoms with Gasteiger partial charge in [0, 0.05) is 11.3 Å². The van der Waals surface area contributed by atoms with Crippen molar-refractivity contribution in [2.24, 2.45) is 0 Å². The first-order chi connectivity index (χ1) is 13.3. The van der Waals surface area contributed by atoms with E-state index in [0.717, 1.165) is 16.8 Å². The molecule has 1 amide bonds. The Hall–Kier alpha value is -2.10. The van der Waals surface area contributed by atoms with Gasteiger partial charge < -0.3 is 5.32 Å². The van der Waals surface area contributed by atoms with Gasteiger partial charge in [0.15, 0.2) is 9.84 Å². The van der Waals surface area contributed by atoms with E-state index in [0.29, 0.717) is 21.8 Å². The van der Waals surface area contributed by atoms with Crippen LogP contribution in [0.15, 0.2) is 47.4 Å². The molecule has 0 aliphatic rings. The van der Waals surface area contributed by atoms with E-state index in [9.17, 15) is 21.6 Å². The lowest BCUT2D eigenvalue weighted by molar-refractivity contribution is -0.120. The molecule has 10 heteroatoms. The molecule has 0 unspecified atom stereocenters. The topological polar surface area (TPSA) is 101 Å². The molecule has 0 saturated heterocycles. The van der Waals surface area contributed by atoms with Crippen LogP contribution in [0.5, 0.6) is 0 Å². The molecule has 0 bridgehead atoms. The number of hydrogen-bond donors (Lipinski definition) is 1. The van der Waals surface area contributed by atoms with Crippen LogP contribution in [0, 0.1) is 6.92 Å². The quantitative estimate of drug-likeness (QED) is 0.687. The summed E-state index contributed by atoms with van der Waals surface area (Å²) in [7, 11) is -7.04. The van der Waals surface area contributed by atoms with Crippen LogP contribution in [0.1, 0.15) is 24.1 Å². The lowest BCUT2D eigenvalue weighted by atomic mass is 10.1. The molecule has 1 atom stereocenters. The molecule has 7 nitrogen and oxygen atoms in total. The van der Waals surface area contributed by atoms with E-state index in [2.05, 4.69) is 5.32 Å². The first-order valence-corrected chi connectivity index (χ1v) is 12.7. The number of carbonyl (C=O) groups excluding carboxylic acids is 1. The van der Waals surface area contributed by atoms with Crippen LogP contribution in [-0.4, -0.2) is 41.8 Å². The minimum atomic E-state index is -3.73. The molecule has 158 valence electrons. The molecule has 0 fully saturated rings. The fourth-order valence-electron chi connectivity index (χ4n) is 2.75. The molecule has 0 aliphatic carbocycles. The Kier molecular flexibility index (Phi) is 6.97. The molecule has 2 aromatic rings. The number of carbonyl (C=O) groups is 1. The molecule has 2 aromatic carbocycles. The Morgan fingerprint density at radius 1 is 1.07 bits per heavy atom. The maximum Gasteiger partial charge on any atom is 0.241 e. The number of amides is 1. The molecule has 1 N–H and O–H groups in total. The first-order valence-electron chi connectivity index (χ1n) is 8.63. The Balaban J connectivity index is 2.19. The van der Waals surface area contributed by atoms with Gasteiger partial charge in [-0.1, -0.05) is 29.8 Å². The van der Waals surface area contributed by atoms with E-state index < -0.39 is 38.4 Å². The van der Waals surface area contributed by atoms with Gasteiger partial charge in [-0.05, 0) is 49.2 Å². The van der Waals surface area contributed by atoms with E-state index in [1.54, 1.807) is 44.2 Å². The summed E-state index contributed by atoms with van der Waals surface area (Å²) in [5.41, 5.74) is 1.58. The zero-order valence-corrected chi connectivity index (χ0v) is 18.9. The zero-order chi connectivity index (χ0) is 22.0. The van der Waals surface area contributed by atoms with Gasteiger partial charge in [-0.3, -0.25) is 9.10 Å². The summed E-state index contributed by atoms with van der Waals surface area (Å²) in [6.45, 7) is 2.99. The van der Waals surface area contributed by atoms with Crippen LogP contribution in [0.3, 0.4) is 0 Å². The average molecular weight is 459 g/mol. The number of halogens is 1. The summed E-state index contributed by atoms with van der Waals surface area (Å²) in [4.78, 5) is 12.7. The summed E-state index contributed by atoms with van der Waals surface area (Å²) in [6, 6.07) is 10.5. The van der Waals surface area contributed by atoms with Crippen molar-refractivity contribution in [3.63, 3.8) is 0 Å². The molecule has 0 aromatic heterocycles. The Morgan fingerprint density at radius 2 is 1.66 bits per heavy atom. The Bertz CT molecular complexity index is 1110. The van der Waals surface area contributed by atoms with Crippen molar-refractivity contribution in [1.29, 1.82) is 0 Å². The number of sulfonamides is 1. The molecule has 29 heavy (non-hydrogen) atoms. The summed E-state index contributed by atoms with van der Waals surface area (Å²) >= 11 is 6.09. The van der Waals surface area contributed by atoms with Crippen molar-refractivity contribution < 1.29 is 21.6 Å². The van der Waals surface area contributed by atoms with Gasteiger partial charge in [0.2, 0.25) is 15.9 Å². The van der Waals surface area contributed by atoms with Crippen LogP contribution >= 0.6 is 11.6 Å². The normalized spacial score (nSPS) is 13.0. The molecule has 2 rings (SSSR count). The Morgan fingerprint density at radius 3 is 2.17 bits per heavy atom. The van der Waals surface area contributed by atoms with E-state index in [-0.39, 0.29) is 4.90 Å². The molecule has 0 aliphatic heterocycles. The smallest absolute Gasteiger partial charge is 0.241 e. The monoisotopic (exact) mass is 458 g/mol. The van der Waals surface area contributed by atoms with Gasteiger partial charge in [-0.2, -0.15) is 0 Å². The highest BCUT2D eigenvalue weighted by atomic mass is 35.5. The average Bonchev–Trinajstić information content (AvgIpc) is 2.61. The van der Waals surface area contributed by atoms with Gasteiger partial charge in [0.25, 0.3) is 0 Å². The van der Waals surface area contributed by atoms with Crippen LogP contribution in [-0.2, 0) is 24.7 Å². The second kappa shape index (κ2) is 8.73. The molecule has 0 spiro atoms. The third-order valence-corrected chi connectivity index (χ3v) is 7.05. The number of benzene rings is 2. The van der Waals surface area contributed by atoms with Crippen LogP contribution < -0.4 is 9.62 Å². The maximum atomic E-state index is 12.5. The van der Waals surface area contributed by atoms with Gasteiger partial charge in [-0.25, -0.2) is 16.8 Å². The highest BCUT2D eigenvalue weighted by molar-refractivity contribution is 7.92. The number of hydrogen-bond acceptors (Lipinski definition) is 5. The van der Waals surface area contributed by atoms with Crippen molar-refractivity contribution >= 4 is 43.1 Å². The minimum absolute atomic E-state index is 0.180. The highest BCUT2D eigenvalue weighted by Crippen LogP contribution is 2.28. The van der Waals surface area contributed by atoms with Crippen LogP contribution in [0.2, 0.25) is 5.02 Å². The van der Waals surface area contributed by atoms with E-state index in [1.807, 2.05) is 0 Å². The number of anilines is 1. The summed E-state index contributed by atoms with van der Waals surface area (Å²) in [5, 5.41) is 3.13. The standard InChI is InChI=1S/C19H23ClN2O5S2/c1-13-17(20)6-5-7-18(13)22(29(4,26)27)12-19(23)21-14(2)15-8-10-16(11-9-15)28(3,24)25/h5-11,14H,12H2,1-4H3,(H,21,23)/t14-/m1/s1. The predicted molar refractivity (Wildman–Crippen MR) is 114 cm³/mol. The van der Waals surface area contributed by atoms with E-state index >= 15 is 0 Å². The van der Waals surface area contributed by atoms with E-state index in [4.69, 9.17) is 11.6 Å². The SMILES string of the molecule is Cc1c(Cl)cccc1N(CC(=O)N[C@H](C)c1ccc(S(C)(=O)=O)cc1)S(C)(=O)=O. The van der Waals surface area contributed by atoms with Crippen LogP contribution in [0.4, 0.5) is 5.69 Å². The number of sulfone groups is 1. The zero-order valence-electron chi connectivity index (χ0n) is 16.5. The van der Waals surface area contributed by atoms with Crippen molar-refractivity contribution in [2.45, 2.75) is 24.8 Å². The lowest BCUT2D eigenvalue weighted by Crippen LogP contribution is -2.41. The number of rotatable bonds is 7. The number of nitrogens with zero attached hydrogens (tertiary/aromatic N) is 1. The predicted octanol–water partition coefficient (Wildman–Crippen LogP) is 2.70. The second-order valence-corrected chi connectivity index (χ2v) is 11.1. The third kappa shape index (κ3) is 5.94. The van der Waals surface area contributed by atoms with Gasteiger partial charge >= 0.3 is 0 Å². The van der Waals surface area contributed by atoms with Gasteiger partial charge in [0.05, 0.1) is 22.9 Å². The molecular weight excluding hydrogens is 436 g/mol. The lowest BCUT2D eigenvalue weighted by Gasteiger charge is -2.25. The Labute approximate surface area is 176 Å².